The average Bonchev–Trinajstić information content (AvgIpc) is 3.48. The van der Waals surface area contributed by atoms with Gasteiger partial charge in [-0.1, -0.05) is 35.9 Å². The van der Waals surface area contributed by atoms with E-state index in [0.717, 1.165) is 61.6 Å². The molecule has 5 aromatic rings. The minimum atomic E-state index is -0.483. The van der Waals surface area contributed by atoms with Crippen LogP contribution in [0.15, 0.2) is 78.9 Å². The molecule has 6 nitrogen and oxygen atoms in total. The lowest BCUT2D eigenvalue weighted by Gasteiger charge is -2.11. The van der Waals surface area contributed by atoms with Gasteiger partial charge in [-0.05, 0) is 71.8 Å². The maximum absolute atomic E-state index is 13.2. The van der Waals surface area contributed by atoms with Crippen LogP contribution in [0.2, 0.25) is 0 Å². The number of fused-ring (bicyclic) bond motifs is 2. The SMILES string of the molecule is COc1ccc(-c2nc(-c3ccc4cc(OC)ccc4c3)[nH]c2C2C(=O)Nc3ccc(C)cc32)cc1. The van der Waals surface area contributed by atoms with Crippen molar-refractivity contribution in [1.82, 2.24) is 9.97 Å². The highest BCUT2D eigenvalue weighted by atomic mass is 16.5. The van der Waals surface area contributed by atoms with Crippen molar-refractivity contribution in [3.8, 4) is 34.1 Å². The van der Waals surface area contributed by atoms with Gasteiger partial charge in [-0.15, -0.1) is 0 Å². The zero-order chi connectivity index (χ0) is 24.8. The maximum Gasteiger partial charge on any atom is 0.238 e. The van der Waals surface area contributed by atoms with Gasteiger partial charge >= 0.3 is 0 Å². The molecule has 6 heteroatoms. The van der Waals surface area contributed by atoms with Crippen molar-refractivity contribution < 1.29 is 14.3 Å². The van der Waals surface area contributed by atoms with Crippen molar-refractivity contribution in [2.45, 2.75) is 12.8 Å². The van der Waals surface area contributed by atoms with Crippen molar-refractivity contribution >= 4 is 22.4 Å². The maximum atomic E-state index is 13.2. The molecule has 0 bridgehead atoms. The van der Waals surface area contributed by atoms with Crippen LogP contribution in [0.5, 0.6) is 11.5 Å². The van der Waals surface area contributed by atoms with E-state index < -0.39 is 5.92 Å². The smallest absolute Gasteiger partial charge is 0.238 e. The predicted molar refractivity (Wildman–Crippen MR) is 142 cm³/mol. The summed E-state index contributed by atoms with van der Waals surface area (Å²) in [7, 11) is 3.31. The fourth-order valence-electron chi connectivity index (χ4n) is 4.87. The first-order chi connectivity index (χ1) is 17.5. The molecule has 1 aliphatic rings. The molecule has 0 radical (unpaired) electrons. The van der Waals surface area contributed by atoms with Crippen LogP contribution in [0.4, 0.5) is 5.69 Å². The Bertz CT molecular complexity index is 1620. The number of aromatic nitrogens is 2. The largest absolute Gasteiger partial charge is 0.497 e. The highest BCUT2D eigenvalue weighted by Gasteiger charge is 2.36. The van der Waals surface area contributed by atoms with Crippen molar-refractivity contribution in [1.29, 1.82) is 0 Å². The number of benzene rings is 4. The first-order valence-corrected chi connectivity index (χ1v) is 11.8. The molecule has 1 amide bonds. The van der Waals surface area contributed by atoms with Gasteiger partial charge in [0.15, 0.2) is 0 Å². The number of rotatable bonds is 5. The number of hydrogen-bond acceptors (Lipinski definition) is 4. The van der Waals surface area contributed by atoms with E-state index in [1.165, 1.54) is 0 Å². The number of nitrogens with zero attached hydrogens (tertiary/aromatic N) is 1. The molecule has 2 heterocycles. The fraction of sp³-hybridized carbons (Fsp3) is 0.133. The van der Waals surface area contributed by atoms with Crippen LogP contribution in [0.3, 0.4) is 0 Å². The van der Waals surface area contributed by atoms with E-state index in [2.05, 4.69) is 28.5 Å². The summed E-state index contributed by atoms with van der Waals surface area (Å²) in [4.78, 5) is 21.8. The molecule has 0 saturated heterocycles. The standard InChI is InChI=1S/C30H25N3O3/c1-17-4-13-25-24(14-17)26(30(34)31-25)28-27(18-7-10-22(35-2)11-8-18)32-29(33-28)21-6-5-20-16-23(36-3)12-9-19(20)15-21/h4-16,26H,1-3H3,(H,31,34)(H,32,33). The molecule has 0 spiro atoms. The van der Waals surface area contributed by atoms with Gasteiger partial charge in [0, 0.05) is 16.8 Å². The third-order valence-electron chi connectivity index (χ3n) is 6.74. The topological polar surface area (TPSA) is 76.2 Å². The summed E-state index contributed by atoms with van der Waals surface area (Å²) >= 11 is 0. The number of hydrogen-bond donors (Lipinski definition) is 2. The summed E-state index contributed by atoms with van der Waals surface area (Å²) in [5.74, 6) is 1.75. The average molecular weight is 476 g/mol. The van der Waals surface area contributed by atoms with Crippen LogP contribution in [0.25, 0.3) is 33.4 Å². The lowest BCUT2D eigenvalue weighted by Crippen LogP contribution is -2.14. The number of aromatic amines is 1. The number of imidazole rings is 1. The second-order valence-corrected chi connectivity index (χ2v) is 9.02. The van der Waals surface area contributed by atoms with Gasteiger partial charge in [-0.2, -0.15) is 0 Å². The van der Waals surface area contributed by atoms with Gasteiger partial charge < -0.3 is 19.8 Å². The van der Waals surface area contributed by atoms with Crippen LogP contribution in [-0.4, -0.2) is 30.1 Å². The van der Waals surface area contributed by atoms with Gasteiger partial charge in [0.05, 0.1) is 25.6 Å². The summed E-state index contributed by atoms with van der Waals surface area (Å²) < 4.78 is 10.7. The van der Waals surface area contributed by atoms with Crippen LogP contribution in [0, 0.1) is 6.92 Å². The molecule has 36 heavy (non-hydrogen) atoms. The molecule has 1 aromatic heterocycles. The summed E-state index contributed by atoms with van der Waals surface area (Å²) in [5, 5.41) is 5.20. The highest BCUT2D eigenvalue weighted by Crippen LogP contribution is 2.42. The van der Waals surface area contributed by atoms with Crippen molar-refractivity contribution in [2.75, 3.05) is 19.5 Å². The Kier molecular flexibility index (Phi) is 5.22. The third-order valence-corrected chi connectivity index (χ3v) is 6.74. The zero-order valence-electron chi connectivity index (χ0n) is 20.3. The van der Waals surface area contributed by atoms with Crippen LogP contribution in [0.1, 0.15) is 22.7 Å². The van der Waals surface area contributed by atoms with Gasteiger partial charge in [0.25, 0.3) is 0 Å². The summed E-state index contributed by atoms with van der Waals surface area (Å²) in [6.45, 7) is 2.03. The second kappa shape index (κ2) is 8.57. The van der Waals surface area contributed by atoms with E-state index in [9.17, 15) is 4.79 Å². The Labute approximate surface area is 208 Å². The summed E-state index contributed by atoms with van der Waals surface area (Å²) in [6.07, 6.45) is 0. The Morgan fingerprint density at radius 3 is 2.25 bits per heavy atom. The van der Waals surface area contributed by atoms with Gasteiger partial charge in [-0.3, -0.25) is 4.79 Å². The molecule has 1 atom stereocenters. The Morgan fingerprint density at radius 2 is 1.47 bits per heavy atom. The molecule has 0 saturated carbocycles. The van der Waals surface area contributed by atoms with E-state index >= 15 is 0 Å². The minimum Gasteiger partial charge on any atom is -0.497 e. The van der Waals surface area contributed by atoms with Crippen molar-refractivity contribution in [2.24, 2.45) is 0 Å². The van der Waals surface area contributed by atoms with E-state index in [4.69, 9.17) is 14.5 Å². The molecule has 1 aliphatic heterocycles. The minimum absolute atomic E-state index is 0.0637. The van der Waals surface area contributed by atoms with Crippen LogP contribution >= 0.6 is 0 Å². The van der Waals surface area contributed by atoms with E-state index in [0.29, 0.717) is 5.82 Å². The van der Waals surface area contributed by atoms with E-state index in [-0.39, 0.29) is 5.91 Å². The number of anilines is 1. The molecular weight excluding hydrogens is 450 g/mol. The predicted octanol–water partition coefficient (Wildman–Crippen LogP) is 6.31. The van der Waals surface area contributed by atoms with Gasteiger partial charge in [-0.25, -0.2) is 4.98 Å². The van der Waals surface area contributed by atoms with Crippen molar-refractivity contribution in [3.05, 3.63) is 95.7 Å². The number of carbonyl (C=O) groups excluding carboxylic acids is 1. The number of aryl methyl sites for hydroxylation is 1. The quantitative estimate of drug-likeness (QED) is 0.312. The van der Waals surface area contributed by atoms with E-state index in [1.807, 2.05) is 67.6 Å². The van der Waals surface area contributed by atoms with Gasteiger partial charge in [0.1, 0.15) is 23.2 Å². The fourth-order valence-corrected chi connectivity index (χ4v) is 4.87. The van der Waals surface area contributed by atoms with E-state index in [1.54, 1.807) is 14.2 Å². The monoisotopic (exact) mass is 475 g/mol. The van der Waals surface area contributed by atoms with Crippen LogP contribution < -0.4 is 14.8 Å². The zero-order valence-corrected chi connectivity index (χ0v) is 20.3. The lowest BCUT2D eigenvalue weighted by atomic mass is 9.93. The van der Waals surface area contributed by atoms with Crippen LogP contribution in [-0.2, 0) is 4.79 Å². The molecule has 4 aromatic carbocycles. The molecule has 6 rings (SSSR count). The number of methoxy groups -OCH3 is 2. The Hall–Kier alpha value is -4.58. The first kappa shape index (κ1) is 21.9. The second-order valence-electron chi connectivity index (χ2n) is 9.02. The molecular formula is C30H25N3O3. The number of ether oxygens (including phenoxy) is 2. The number of carbonyl (C=O) groups is 1. The molecule has 0 fully saturated rings. The molecule has 2 N–H and O–H groups in total. The first-order valence-electron chi connectivity index (χ1n) is 11.8. The van der Waals surface area contributed by atoms with Crippen molar-refractivity contribution in [3.63, 3.8) is 0 Å². The number of nitrogens with one attached hydrogen (secondary N) is 2. The third kappa shape index (κ3) is 3.67. The molecule has 0 aliphatic carbocycles. The molecule has 178 valence electrons. The summed E-state index contributed by atoms with van der Waals surface area (Å²) in [5.41, 5.74) is 6.27. The number of H-pyrrole nitrogens is 1. The Morgan fingerprint density at radius 1 is 0.778 bits per heavy atom. The van der Waals surface area contributed by atoms with Gasteiger partial charge in [0.2, 0.25) is 5.91 Å². The molecule has 1 unspecified atom stereocenters. The lowest BCUT2D eigenvalue weighted by molar-refractivity contribution is -0.116. The number of amides is 1. The Balaban J connectivity index is 1.52. The summed E-state index contributed by atoms with van der Waals surface area (Å²) in [6, 6.07) is 26.0. The highest BCUT2D eigenvalue weighted by molar-refractivity contribution is 6.05. The normalized spacial score (nSPS) is 14.5.